The van der Waals surface area contributed by atoms with Crippen molar-refractivity contribution in [1.82, 2.24) is 4.98 Å². The lowest BCUT2D eigenvalue weighted by Crippen LogP contribution is -1.95. The first-order chi connectivity index (χ1) is 17.8. The van der Waals surface area contributed by atoms with Gasteiger partial charge in [-0.25, -0.2) is 4.98 Å². The predicted octanol–water partition coefficient (Wildman–Crippen LogP) is 8.87. The van der Waals surface area contributed by atoms with Crippen LogP contribution >= 0.6 is 0 Å². The number of hydrogen-bond donors (Lipinski definition) is 0. The first-order valence-corrected chi connectivity index (χ1v) is 12.6. The Bertz CT molecular complexity index is 1760. The van der Waals surface area contributed by atoms with Crippen molar-refractivity contribution in [3.63, 3.8) is 0 Å². The number of oxazole rings is 1. The maximum Gasteiger partial charge on any atom is 0.227 e. The van der Waals surface area contributed by atoms with E-state index in [1.165, 1.54) is 38.4 Å². The minimum atomic E-state index is 0.705. The summed E-state index contributed by atoms with van der Waals surface area (Å²) < 4.78 is 6.26. The van der Waals surface area contributed by atoms with E-state index in [2.05, 4.69) is 115 Å². The molecule has 5 aromatic carbocycles. The standard InChI is InChI=1S/C34H25NO/c1-2-10-23(11-3-1)22-25-19-18-24-12-4-5-13-26(24)33(25)29-20-21-30(28-15-7-6-14-27(28)29)34-35-31-16-8-9-17-32(31)36-34/h1-8,10-16,18-21H,9,17,22H2. The lowest BCUT2D eigenvalue weighted by atomic mass is 9.87. The molecule has 36 heavy (non-hydrogen) atoms. The molecule has 1 heterocycles. The maximum atomic E-state index is 6.26. The number of rotatable bonds is 4. The minimum absolute atomic E-state index is 0.705. The Labute approximate surface area is 210 Å². The van der Waals surface area contributed by atoms with Crippen molar-refractivity contribution in [2.24, 2.45) is 0 Å². The summed E-state index contributed by atoms with van der Waals surface area (Å²) in [7, 11) is 0. The molecule has 0 spiro atoms. The molecule has 0 atom stereocenters. The number of benzene rings is 5. The van der Waals surface area contributed by atoms with E-state index in [0.29, 0.717) is 5.89 Å². The van der Waals surface area contributed by atoms with Crippen molar-refractivity contribution in [1.29, 1.82) is 0 Å². The Morgan fingerprint density at radius 2 is 1.39 bits per heavy atom. The molecule has 7 rings (SSSR count). The fraction of sp³-hybridized carbons (Fsp3) is 0.0882. The summed E-state index contributed by atoms with van der Waals surface area (Å²) in [5.74, 6) is 1.69. The fourth-order valence-corrected chi connectivity index (χ4v) is 5.50. The van der Waals surface area contributed by atoms with Crippen molar-refractivity contribution in [3.8, 4) is 22.6 Å². The van der Waals surface area contributed by atoms with Gasteiger partial charge < -0.3 is 4.42 Å². The van der Waals surface area contributed by atoms with Crippen molar-refractivity contribution < 1.29 is 4.42 Å². The molecule has 0 fully saturated rings. The molecule has 6 aromatic rings. The van der Waals surface area contributed by atoms with Gasteiger partial charge in [-0.1, -0.05) is 103 Å². The van der Waals surface area contributed by atoms with E-state index in [-0.39, 0.29) is 0 Å². The highest BCUT2D eigenvalue weighted by atomic mass is 16.4. The van der Waals surface area contributed by atoms with Crippen LogP contribution in [-0.4, -0.2) is 4.98 Å². The van der Waals surface area contributed by atoms with Crippen LogP contribution in [0.2, 0.25) is 0 Å². The third kappa shape index (κ3) is 3.54. The van der Waals surface area contributed by atoms with E-state index in [0.717, 1.165) is 41.7 Å². The largest absolute Gasteiger partial charge is 0.440 e. The summed E-state index contributed by atoms with van der Waals surface area (Å²) in [5.41, 5.74) is 7.19. The highest BCUT2D eigenvalue weighted by Gasteiger charge is 2.19. The molecule has 1 aromatic heterocycles. The van der Waals surface area contributed by atoms with Crippen molar-refractivity contribution in [2.75, 3.05) is 0 Å². The number of fused-ring (bicyclic) bond motifs is 3. The molecule has 1 aliphatic carbocycles. The third-order valence-corrected chi connectivity index (χ3v) is 7.22. The molecule has 172 valence electrons. The molecule has 0 radical (unpaired) electrons. The van der Waals surface area contributed by atoms with Crippen molar-refractivity contribution in [2.45, 2.75) is 19.3 Å². The Morgan fingerprint density at radius 1 is 0.667 bits per heavy atom. The van der Waals surface area contributed by atoms with Gasteiger partial charge in [-0.15, -0.1) is 0 Å². The second-order valence-electron chi connectivity index (χ2n) is 9.46. The molecule has 0 saturated heterocycles. The van der Waals surface area contributed by atoms with E-state index in [9.17, 15) is 0 Å². The van der Waals surface area contributed by atoms with E-state index >= 15 is 0 Å². The molecule has 2 heteroatoms. The second-order valence-corrected chi connectivity index (χ2v) is 9.46. The van der Waals surface area contributed by atoms with Gasteiger partial charge in [-0.2, -0.15) is 0 Å². The molecule has 0 aliphatic heterocycles. The summed E-state index contributed by atoms with van der Waals surface area (Å²) in [6, 6.07) is 37.1. The van der Waals surface area contributed by atoms with E-state index < -0.39 is 0 Å². The maximum absolute atomic E-state index is 6.26. The van der Waals surface area contributed by atoms with Gasteiger partial charge in [0.1, 0.15) is 11.5 Å². The Balaban J connectivity index is 1.46. The van der Waals surface area contributed by atoms with Crippen LogP contribution in [0.3, 0.4) is 0 Å². The summed E-state index contributed by atoms with van der Waals surface area (Å²) >= 11 is 0. The summed E-state index contributed by atoms with van der Waals surface area (Å²) in [4.78, 5) is 4.84. The van der Waals surface area contributed by atoms with Gasteiger partial charge in [-0.3, -0.25) is 0 Å². The van der Waals surface area contributed by atoms with Crippen molar-refractivity contribution in [3.05, 3.63) is 132 Å². The zero-order valence-electron chi connectivity index (χ0n) is 19.9. The average molecular weight is 464 g/mol. The second kappa shape index (κ2) is 8.66. The SMILES string of the molecule is C1=Cc2nc(-c3ccc(-c4c(Cc5ccccc5)ccc5ccccc45)c4ccccc34)oc2CC1. The van der Waals surface area contributed by atoms with E-state index in [1.807, 2.05) is 0 Å². The number of hydrogen-bond acceptors (Lipinski definition) is 2. The molecule has 0 unspecified atom stereocenters. The molecular formula is C34H25NO. The summed E-state index contributed by atoms with van der Waals surface area (Å²) in [6.07, 6.45) is 7.05. The molecule has 0 saturated carbocycles. The number of nitrogens with zero attached hydrogens (tertiary/aromatic N) is 1. The van der Waals surface area contributed by atoms with E-state index in [1.54, 1.807) is 0 Å². The van der Waals surface area contributed by atoms with Gasteiger partial charge in [0.2, 0.25) is 5.89 Å². The van der Waals surface area contributed by atoms with Gasteiger partial charge in [0.15, 0.2) is 0 Å². The smallest absolute Gasteiger partial charge is 0.227 e. The highest BCUT2D eigenvalue weighted by molar-refractivity contribution is 6.10. The minimum Gasteiger partial charge on any atom is -0.440 e. The lowest BCUT2D eigenvalue weighted by Gasteiger charge is -2.17. The van der Waals surface area contributed by atoms with Gasteiger partial charge >= 0.3 is 0 Å². The Hall–Kier alpha value is -4.43. The normalized spacial score (nSPS) is 12.8. The average Bonchev–Trinajstić information content (AvgIpc) is 3.37. The topological polar surface area (TPSA) is 26.0 Å². The van der Waals surface area contributed by atoms with Gasteiger partial charge in [0.25, 0.3) is 0 Å². The third-order valence-electron chi connectivity index (χ3n) is 7.22. The summed E-state index contributed by atoms with van der Waals surface area (Å²) in [5, 5.41) is 4.91. The quantitative estimate of drug-likeness (QED) is 0.261. The van der Waals surface area contributed by atoms with Gasteiger partial charge in [0.05, 0.1) is 0 Å². The van der Waals surface area contributed by atoms with Crippen LogP contribution in [0, 0.1) is 0 Å². The van der Waals surface area contributed by atoms with Crippen LogP contribution in [0.15, 0.2) is 114 Å². The van der Waals surface area contributed by atoms with Gasteiger partial charge in [-0.05, 0) is 68.8 Å². The lowest BCUT2D eigenvalue weighted by molar-refractivity contribution is 0.517. The van der Waals surface area contributed by atoms with Crippen molar-refractivity contribution >= 4 is 27.6 Å². The van der Waals surface area contributed by atoms with Crippen LogP contribution in [-0.2, 0) is 12.8 Å². The van der Waals surface area contributed by atoms with Crippen LogP contribution in [0.1, 0.15) is 29.0 Å². The number of aromatic nitrogens is 1. The molecule has 0 bridgehead atoms. The first kappa shape index (κ1) is 20.9. The summed E-state index contributed by atoms with van der Waals surface area (Å²) in [6.45, 7) is 0. The molecule has 2 nitrogen and oxygen atoms in total. The van der Waals surface area contributed by atoms with Crippen LogP contribution in [0.4, 0.5) is 0 Å². The van der Waals surface area contributed by atoms with Crippen LogP contribution in [0.25, 0.3) is 50.2 Å². The van der Waals surface area contributed by atoms with E-state index in [4.69, 9.17) is 9.40 Å². The fourth-order valence-electron chi connectivity index (χ4n) is 5.50. The highest BCUT2D eigenvalue weighted by Crippen LogP contribution is 2.41. The Kier molecular flexibility index (Phi) is 5.03. The molecular weight excluding hydrogens is 438 g/mol. The Morgan fingerprint density at radius 3 is 2.22 bits per heavy atom. The predicted molar refractivity (Wildman–Crippen MR) is 149 cm³/mol. The molecule has 0 N–H and O–H groups in total. The first-order valence-electron chi connectivity index (χ1n) is 12.6. The zero-order valence-corrected chi connectivity index (χ0v) is 19.9. The number of allylic oxidation sites excluding steroid dienone is 1. The molecule has 0 amide bonds. The number of aryl methyl sites for hydroxylation is 1. The van der Waals surface area contributed by atoms with Crippen LogP contribution in [0.5, 0.6) is 0 Å². The zero-order chi connectivity index (χ0) is 23.9. The molecule has 1 aliphatic rings. The van der Waals surface area contributed by atoms with Gasteiger partial charge in [0, 0.05) is 12.0 Å². The van der Waals surface area contributed by atoms with Crippen LogP contribution < -0.4 is 0 Å². The monoisotopic (exact) mass is 463 g/mol.